The van der Waals surface area contributed by atoms with Crippen molar-refractivity contribution >= 4 is 0 Å². The van der Waals surface area contributed by atoms with E-state index < -0.39 is 0 Å². The molecule has 3 N–H and O–H groups in total. The highest BCUT2D eigenvalue weighted by Gasteiger charge is 1.94. The van der Waals surface area contributed by atoms with Gasteiger partial charge in [-0.15, -0.1) is 0 Å². The highest BCUT2D eigenvalue weighted by Crippen LogP contribution is 1.98. The van der Waals surface area contributed by atoms with Gasteiger partial charge in [0.05, 0.1) is 6.33 Å². The lowest BCUT2D eigenvalue weighted by Gasteiger charge is -2.05. The topological polar surface area (TPSA) is 38.0 Å². The molecule has 0 aromatic heterocycles. The Kier molecular flexibility index (Phi) is 4.89. The van der Waals surface area contributed by atoms with Crippen LogP contribution in [0.25, 0.3) is 0 Å². The normalized spacial score (nSPS) is 11.7. The molecule has 0 radical (unpaired) electrons. The molecule has 1 aromatic rings. The van der Waals surface area contributed by atoms with Crippen LogP contribution in [0.1, 0.15) is 5.56 Å². The van der Waals surface area contributed by atoms with Crippen molar-refractivity contribution in [1.29, 1.82) is 0 Å². The van der Waals surface area contributed by atoms with Crippen LogP contribution in [0.4, 0.5) is 4.39 Å². The molecule has 14 heavy (non-hydrogen) atoms. The molecular formula is C11H15FN2. The molecule has 0 atom stereocenters. The molecule has 1 rings (SSSR count). The number of halogens is 1. The van der Waals surface area contributed by atoms with E-state index in [1.807, 2.05) is 30.3 Å². The summed E-state index contributed by atoms with van der Waals surface area (Å²) >= 11 is 0. The maximum atomic E-state index is 12.1. The maximum absolute atomic E-state index is 12.1. The quantitative estimate of drug-likeness (QED) is 0.747. The van der Waals surface area contributed by atoms with Crippen molar-refractivity contribution in [2.24, 2.45) is 5.73 Å². The van der Waals surface area contributed by atoms with Gasteiger partial charge < -0.3 is 11.1 Å². The summed E-state index contributed by atoms with van der Waals surface area (Å²) < 4.78 is 12.1. The Balaban J connectivity index is 2.29. The Hall–Kier alpha value is -1.19. The summed E-state index contributed by atoms with van der Waals surface area (Å²) in [4.78, 5) is 0. The molecule has 0 aliphatic carbocycles. The maximum Gasteiger partial charge on any atom is 0.0884 e. The average molecular weight is 194 g/mol. The number of hydrogen-bond donors (Lipinski definition) is 2. The van der Waals surface area contributed by atoms with Crippen LogP contribution < -0.4 is 11.1 Å². The van der Waals surface area contributed by atoms with E-state index in [-0.39, 0.29) is 6.54 Å². The Labute approximate surface area is 83.6 Å². The summed E-state index contributed by atoms with van der Waals surface area (Å²) in [7, 11) is 0. The monoisotopic (exact) mass is 194 g/mol. The number of hydrogen-bond acceptors (Lipinski definition) is 2. The molecule has 1 aromatic carbocycles. The first-order valence-electron chi connectivity index (χ1n) is 4.59. The van der Waals surface area contributed by atoms with Gasteiger partial charge in [0.15, 0.2) is 0 Å². The van der Waals surface area contributed by atoms with Gasteiger partial charge in [0.25, 0.3) is 0 Å². The highest BCUT2D eigenvalue weighted by atomic mass is 19.1. The summed E-state index contributed by atoms with van der Waals surface area (Å²) in [5.41, 5.74) is 7.08. The summed E-state index contributed by atoms with van der Waals surface area (Å²) in [6, 6.07) is 9.97. The van der Waals surface area contributed by atoms with Crippen molar-refractivity contribution in [1.82, 2.24) is 5.32 Å². The van der Waals surface area contributed by atoms with Crippen LogP contribution in [-0.2, 0) is 6.54 Å². The Morgan fingerprint density at radius 1 is 1.36 bits per heavy atom. The number of benzene rings is 1. The van der Waals surface area contributed by atoms with Gasteiger partial charge in [0, 0.05) is 19.6 Å². The third kappa shape index (κ3) is 3.68. The fourth-order valence-corrected chi connectivity index (χ4v) is 1.12. The van der Waals surface area contributed by atoms with E-state index in [4.69, 9.17) is 5.73 Å². The summed E-state index contributed by atoms with van der Waals surface area (Å²) in [6.45, 7) is 1.50. The first kappa shape index (κ1) is 10.9. The Morgan fingerprint density at radius 2 is 2.07 bits per heavy atom. The zero-order valence-corrected chi connectivity index (χ0v) is 8.04. The minimum Gasteiger partial charge on any atom is -0.327 e. The van der Waals surface area contributed by atoms with Gasteiger partial charge in [-0.2, -0.15) is 0 Å². The smallest absolute Gasteiger partial charge is 0.0884 e. The van der Waals surface area contributed by atoms with Crippen molar-refractivity contribution in [3.63, 3.8) is 0 Å². The summed E-state index contributed by atoms with van der Waals surface area (Å²) in [5.74, 6) is 0. The second-order valence-electron chi connectivity index (χ2n) is 3.06. The van der Waals surface area contributed by atoms with Gasteiger partial charge in [0.2, 0.25) is 0 Å². The molecule has 0 bridgehead atoms. The van der Waals surface area contributed by atoms with Gasteiger partial charge >= 0.3 is 0 Å². The molecule has 0 aliphatic heterocycles. The van der Waals surface area contributed by atoms with E-state index in [1.54, 1.807) is 0 Å². The van der Waals surface area contributed by atoms with Crippen molar-refractivity contribution in [2.75, 3.05) is 13.1 Å². The van der Waals surface area contributed by atoms with Crippen LogP contribution in [0.15, 0.2) is 42.2 Å². The molecule has 76 valence electrons. The SMILES string of the molecule is NC/C(=C\F)CNCc1ccccc1. The number of rotatable bonds is 5. The van der Waals surface area contributed by atoms with Gasteiger partial charge in [-0.1, -0.05) is 30.3 Å². The summed E-state index contributed by atoms with van der Waals surface area (Å²) in [5, 5.41) is 3.12. The minimum atomic E-state index is 0.262. The van der Waals surface area contributed by atoms with Crippen molar-refractivity contribution < 1.29 is 4.39 Å². The van der Waals surface area contributed by atoms with E-state index in [1.165, 1.54) is 5.56 Å². The van der Waals surface area contributed by atoms with E-state index in [9.17, 15) is 4.39 Å². The first-order valence-corrected chi connectivity index (χ1v) is 4.59. The van der Waals surface area contributed by atoms with Crippen LogP contribution in [0.3, 0.4) is 0 Å². The molecule has 0 saturated heterocycles. The van der Waals surface area contributed by atoms with Gasteiger partial charge in [-0.05, 0) is 11.1 Å². The first-order chi connectivity index (χ1) is 6.86. The molecule has 0 amide bonds. The Bertz CT molecular complexity index is 283. The lowest BCUT2D eigenvalue weighted by Crippen LogP contribution is -2.20. The van der Waals surface area contributed by atoms with E-state index >= 15 is 0 Å². The molecule has 0 spiro atoms. The van der Waals surface area contributed by atoms with Crippen LogP contribution >= 0.6 is 0 Å². The van der Waals surface area contributed by atoms with Crippen LogP contribution in [0.5, 0.6) is 0 Å². The zero-order valence-electron chi connectivity index (χ0n) is 8.04. The van der Waals surface area contributed by atoms with Crippen molar-refractivity contribution in [3.05, 3.63) is 47.8 Å². The lowest BCUT2D eigenvalue weighted by molar-refractivity contribution is 0.671. The molecule has 0 aliphatic rings. The number of nitrogens with one attached hydrogen (secondary N) is 1. The fourth-order valence-electron chi connectivity index (χ4n) is 1.12. The molecule has 0 saturated carbocycles. The van der Waals surface area contributed by atoms with Crippen LogP contribution in [0, 0.1) is 0 Å². The summed E-state index contributed by atoms with van der Waals surface area (Å²) in [6.07, 6.45) is 0.567. The average Bonchev–Trinajstić information content (AvgIpc) is 2.26. The van der Waals surface area contributed by atoms with Gasteiger partial charge in [-0.25, -0.2) is 4.39 Å². The van der Waals surface area contributed by atoms with Crippen molar-refractivity contribution in [2.45, 2.75) is 6.54 Å². The van der Waals surface area contributed by atoms with Crippen LogP contribution in [0.2, 0.25) is 0 Å². The second-order valence-corrected chi connectivity index (χ2v) is 3.06. The van der Waals surface area contributed by atoms with E-state index in [0.717, 1.165) is 6.54 Å². The van der Waals surface area contributed by atoms with E-state index in [0.29, 0.717) is 18.4 Å². The highest BCUT2D eigenvalue weighted by molar-refractivity contribution is 5.14. The second kappa shape index (κ2) is 6.29. The van der Waals surface area contributed by atoms with Gasteiger partial charge in [0.1, 0.15) is 0 Å². The van der Waals surface area contributed by atoms with Crippen molar-refractivity contribution in [3.8, 4) is 0 Å². The predicted molar refractivity (Wildman–Crippen MR) is 56.4 cm³/mol. The standard InChI is InChI=1S/C11H15FN2/c12-6-11(7-13)9-14-8-10-4-2-1-3-5-10/h1-6,14H,7-9,13H2/b11-6+. The fraction of sp³-hybridized carbons (Fsp3) is 0.273. The lowest BCUT2D eigenvalue weighted by atomic mass is 10.2. The van der Waals surface area contributed by atoms with Crippen LogP contribution in [-0.4, -0.2) is 13.1 Å². The largest absolute Gasteiger partial charge is 0.327 e. The minimum absolute atomic E-state index is 0.262. The predicted octanol–water partition coefficient (Wildman–Crippen LogP) is 1.59. The third-order valence-corrected chi connectivity index (χ3v) is 1.94. The molecule has 0 heterocycles. The molecule has 3 heteroatoms. The third-order valence-electron chi connectivity index (χ3n) is 1.94. The molecule has 0 unspecified atom stereocenters. The van der Waals surface area contributed by atoms with Gasteiger partial charge in [-0.3, -0.25) is 0 Å². The number of nitrogens with two attached hydrogens (primary N) is 1. The molecule has 2 nitrogen and oxygen atoms in total. The molecule has 0 fully saturated rings. The van der Waals surface area contributed by atoms with E-state index in [2.05, 4.69) is 5.32 Å². The zero-order chi connectivity index (χ0) is 10.2. The molecular weight excluding hydrogens is 179 g/mol. The Morgan fingerprint density at radius 3 is 2.64 bits per heavy atom.